The zero-order valence-corrected chi connectivity index (χ0v) is 17.8. The molecule has 0 aromatic heterocycles. The maximum Gasteiger partial charge on any atom is 0.410 e. The molecule has 2 aromatic rings. The Bertz CT molecular complexity index is 822. The lowest BCUT2D eigenvalue weighted by molar-refractivity contribution is 0.0204. The van der Waals surface area contributed by atoms with Gasteiger partial charge in [-0.1, -0.05) is 35.9 Å². The van der Waals surface area contributed by atoms with Gasteiger partial charge in [0.05, 0.1) is 0 Å². The summed E-state index contributed by atoms with van der Waals surface area (Å²) in [5, 5.41) is 0. The molecule has 1 heterocycles. The first-order chi connectivity index (χ1) is 13.7. The monoisotopic (exact) mass is 398 g/mol. The summed E-state index contributed by atoms with van der Waals surface area (Å²) in [6, 6.07) is 15.5. The molecule has 1 saturated heterocycles. The fraction of sp³-hybridized carbons (Fsp3) is 0.458. The van der Waals surface area contributed by atoms with Crippen LogP contribution in [0.2, 0.25) is 0 Å². The van der Waals surface area contributed by atoms with Crippen LogP contribution in [0.4, 0.5) is 14.9 Å². The molecule has 0 spiro atoms. The third kappa shape index (κ3) is 5.96. The molecule has 1 amide bonds. The standard InChI is InChI=1S/C24H31FN2O2/c1-18-8-10-19(11-9-18)17-27(22-7-5-6-20(25)16-22)21-12-14-26(15-13-21)23(28)29-24(2,3)4/h5-11,16,21H,12-15,17H2,1-4H3. The van der Waals surface area contributed by atoms with Crippen molar-refractivity contribution in [3.8, 4) is 0 Å². The van der Waals surface area contributed by atoms with Crippen molar-refractivity contribution in [2.75, 3.05) is 18.0 Å². The van der Waals surface area contributed by atoms with Crippen LogP contribution in [0.15, 0.2) is 48.5 Å². The van der Waals surface area contributed by atoms with E-state index >= 15 is 0 Å². The maximum atomic E-state index is 13.9. The van der Waals surface area contributed by atoms with E-state index < -0.39 is 5.60 Å². The minimum absolute atomic E-state index is 0.233. The van der Waals surface area contributed by atoms with Gasteiger partial charge in [-0.05, 0) is 64.3 Å². The Hall–Kier alpha value is -2.56. The number of hydrogen-bond donors (Lipinski definition) is 0. The first-order valence-electron chi connectivity index (χ1n) is 10.3. The zero-order chi connectivity index (χ0) is 21.0. The lowest BCUT2D eigenvalue weighted by Gasteiger charge is -2.40. The highest BCUT2D eigenvalue weighted by atomic mass is 19.1. The fourth-order valence-electron chi connectivity index (χ4n) is 3.66. The second-order valence-electron chi connectivity index (χ2n) is 8.79. The summed E-state index contributed by atoms with van der Waals surface area (Å²) in [5.41, 5.74) is 2.79. The van der Waals surface area contributed by atoms with E-state index in [1.54, 1.807) is 17.0 Å². The fourth-order valence-corrected chi connectivity index (χ4v) is 3.66. The van der Waals surface area contributed by atoms with Crippen LogP contribution in [-0.4, -0.2) is 35.7 Å². The van der Waals surface area contributed by atoms with Crippen molar-refractivity contribution in [1.29, 1.82) is 0 Å². The number of anilines is 1. The lowest BCUT2D eigenvalue weighted by Crippen LogP contribution is -2.48. The van der Waals surface area contributed by atoms with E-state index in [0.29, 0.717) is 19.6 Å². The van der Waals surface area contributed by atoms with Gasteiger partial charge >= 0.3 is 6.09 Å². The minimum Gasteiger partial charge on any atom is -0.444 e. The smallest absolute Gasteiger partial charge is 0.410 e. The van der Waals surface area contributed by atoms with Crippen molar-refractivity contribution in [3.63, 3.8) is 0 Å². The summed E-state index contributed by atoms with van der Waals surface area (Å²) in [5.74, 6) is -0.234. The molecule has 1 aliphatic rings. The molecule has 156 valence electrons. The van der Waals surface area contributed by atoms with Gasteiger partial charge in [0.15, 0.2) is 0 Å². The number of halogens is 1. The summed E-state index contributed by atoms with van der Waals surface area (Å²) in [6.07, 6.45) is 1.38. The number of carbonyl (C=O) groups excluding carboxylic acids is 1. The maximum absolute atomic E-state index is 13.9. The average molecular weight is 399 g/mol. The second-order valence-corrected chi connectivity index (χ2v) is 8.79. The Kier molecular flexibility index (Phi) is 6.46. The molecular weight excluding hydrogens is 367 g/mol. The third-order valence-corrected chi connectivity index (χ3v) is 5.17. The van der Waals surface area contributed by atoms with Crippen LogP contribution < -0.4 is 4.90 Å². The van der Waals surface area contributed by atoms with Crippen LogP contribution in [0.3, 0.4) is 0 Å². The average Bonchev–Trinajstić information content (AvgIpc) is 2.66. The van der Waals surface area contributed by atoms with Crippen LogP contribution in [0.5, 0.6) is 0 Å². The molecule has 0 saturated carbocycles. The van der Waals surface area contributed by atoms with Gasteiger partial charge in [0.25, 0.3) is 0 Å². The van der Waals surface area contributed by atoms with E-state index in [1.807, 2.05) is 26.8 Å². The largest absolute Gasteiger partial charge is 0.444 e. The molecule has 0 unspecified atom stereocenters. The molecule has 0 atom stereocenters. The molecule has 5 heteroatoms. The van der Waals surface area contributed by atoms with Gasteiger partial charge in [0, 0.05) is 31.4 Å². The van der Waals surface area contributed by atoms with Gasteiger partial charge in [-0.2, -0.15) is 0 Å². The van der Waals surface area contributed by atoms with E-state index in [4.69, 9.17) is 4.74 Å². The molecule has 2 aromatic carbocycles. The summed E-state index contributed by atoms with van der Waals surface area (Å²) in [6.45, 7) is 9.70. The van der Waals surface area contributed by atoms with E-state index in [9.17, 15) is 9.18 Å². The number of amides is 1. The first kappa shape index (κ1) is 21.2. The number of rotatable bonds is 4. The Labute approximate surface area is 173 Å². The third-order valence-electron chi connectivity index (χ3n) is 5.17. The summed E-state index contributed by atoms with van der Waals surface area (Å²) in [7, 11) is 0. The van der Waals surface area contributed by atoms with Gasteiger partial charge in [0.1, 0.15) is 11.4 Å². The van der Waals surface area contributed by atoms with Gasteiger partial charge < -0.3 is 14.5 Å². The van der Waals surface area contributed by atoms with Gasteiger partial charge in [-0.15, -0.1) is 0 Å². The molecule has 0 bridgehead atoms. The molecule has 0 aliphatic carbocycles. The number of piperidine rings is 1. The Balaban J connectivity index is 1.73. The topological polar surface area (TPSA) is 32.8 Å². The summed E-state index contributed by atoms with van der Waals surface area (Å²) >= 11 is 0. The van der Waals surface area contributed by atoms with Crippen molar-refractivity contribution in [1.82, 2.24) is 4.90 Å². The van der Waals surface area contributed by atoms with Crippen molar-refractivity contribution >= 4 is 11.8 Å². The molecule has 0 radical (unpaired) electrons. The number of ether oxygens (including phenoxy) is 1. The van der Waals surface area contributed by atoms with E-state index in [0.717, 1.165) is 18.5 Å². The molecule has 3 rings (SSSR count). The molecule has 1 fully saturated rings. The van der Waals surface area contributed by atoms with E-state index in [2.05, 4.69) is 36.1 Å². The van der Waals surface area contributed by atoms with Crippen molar-refractivity contribution in [2.24, 2.45) is 0 Å². The number of likely N-dealkylation sites (tertiary alicyclic amines) is 1. The minimum atomic E-state index is -0.493. The molecule has 4 nitrogen and oxygen atoms in total. The van der Waals surface area contributed by atoms with Crippen LogP contribution in [0.25, 0.3) is 0 Å². The SMILES string of the molecule is Cc1ccc(CN(c2cccc(F)c2)C2CCN(C(=O)OC(C)(C)C)CC2)cc1. The van der Waals surface area contributed by atoms with Crippen molar-refractivity contribution in [3.05, 3.63) is 65.5 Å². The highest BCUT2D eigenvalue weighted by Gasteiger charge is 2.30. The van der Waals surface area contributed by atoms with Crippen molar-refractivity contribution < 1.29 is 13.9 Å². The van der Waals surface area contributed by atoms with Crippen LogP contribution >= 0.6 is 0 Å². The highest BCUT2D eigenvalue weighted by Crippen LogP contribution is 2.27. The number of nitrogens with zero attached hydrogens (tertiary/aromatic N) is 2. The van der Waals surface area contributed by atoms with E-state index in [1.165, 1.54) is 17.2 Å². The van der Waals surface area contributed by atoms with Crippen LogP contribution in [-0.2, 0) is 11.3 Å². The predicted octanol–water partition coefficient (Wildman–Crippen LogP) is 5.54. The van der Waals surface area contributed by atoms with Gasteiger partial charge in [-0.3, -0.25) is 0 Å². The molecular formula is C24H31FN2O2. The second kappa shape index (κ2) is 8.85. The molecule has 0 N–H and O–H groups in total. The highest BCUT2D eigenvalue weighted by molar-refractivity contribution is 5.68. The predicted molar refractivity (Wildman–Crippen MR) is 115 cm³/mol. The van der Waals surface area contributed by atoms with E-state index in [-0.39, 0.29) is 18.0 Å². The lowest BCUT2D eigenvalue weighted by atomic mass is 10.0. The Morgan fingerprint density at radius 2 is 1.79 bits per heavy atom. The van der Waals surface area contributed by atoms with Gasteiger partial charge in [-0.25, -0.2) is 9.18 Å². The summed E-state index contributed by atoms with van der Waals surface area (Å²) < 4.78 is 19.4. The number of carbonyl (C=O) groups is 1. The quantitative estimate of drug-likeness (QED) is 0.678. The Morgan fingerprint density at radius 1 is 1.14 bits per heavy atom. The number of benzene rings is 2. The summed E-state index contributed by atoms with van der Waals surface area (Å²) in [4.78, 5) is 16.4. The van der Waals surface area contributed by atoms with Gasteiger partial charge in [0.2, 0.25) is 0 Å². The molecule has 29 heavy (non-hydrogen) atoms. The number of aryl methyl sites for hydroxylation is 1. The molecule has 1 aliphatic heterocycles. The normalized spacial score (nSPS) is 15.3. The Morgan fingerprint density at radius 3 is 2.38 bits per heavy atom. The van der Waals surface area contributed by atoms with Crippen molar-refractivity contribution in [2.45, 2.75) is 58.7 Å². The first-order valence-corrected chi connectivity index (χ1v) is 10.3. The zero-order valence-electron chi connectivity index (χ0n) is 17.8. The number of hydrogen-bond acceptors (Lipinski definition) is 3. The van der Waals surface area contributed by atoms with Crippen LogP contribution in [0, 0.1) is 12.7 Å². The van der Waals surface area contributed by atoms with Crippen LogP contribution in [0.1, 0.15) is 44.7 Å².